The first-order valence-electron chi connectivity index (χ1n) is 8.13. The molecule has 1 aliphatic rings. The van der Waals surface area contributed by atoms with Crippen molar-refractivity contribution in [1.29, 1.82) is 0 Å². The summed E-state index contributed by atoms with van der Waals surface area (Å²) in [6.45, 7) is 6.15. The van der Waals surface area contributed by atoms with E-state index in [1.807, 2.05) is 6.07 Å². The number of aryl methyl sites for hydroxylation is 1. The van der Waals surface area contributed by atoms with E-state index in [1.54, 1.807) is 0 Å². The Kier molecular flexibility index (Phi) is 5.80. The van der Waals surface area contributed by atoms with Gasteiger partial charge in [-0.3, -0.25) is 4.79 Å². The van der Waals surface area contributed by atoms with Crippen LogP contribution in [0.3, 0.4) is 0 Å². The van der Waals surface area contributed by atoms with Gasteiger partial charge in [-0.05, 0) is 50.8 Å². The van der Waals surface area contributed by atoms with Crippen LogP contribution in [0.15, 0.2) is 30.3 Å². The van der Waals surface area contributed by atoms with Crippen LogP contribution in [0.25, 0.3) is 0 Å². The molecule has 2 rings (SSSR count). The molecule has 0 aromatic heterocycles. The van der Waals surface area contributed by atoms with Crippen LogP contribution in [0.1, 0.15) is 45.1 Å². The van der Waals surface area contributed by atoms with Gasteiger partial charge in [0.25, 0.3) is 0 Å². The van der Waals surface area contributed by atoms with Gasteiger partial charge in [-0.2, -0.15) is 0 Å². The normalized spacial score (nSPS) is 16.7. The van der Waals surface area contributed by atoms with Gasteiger partial charge < -0.3 is 10.6 Å². The zero-order valence-corrected chi connectivity index (χ0v) is 13.3. The molecular weight excluding hydrogens is 260 g/mol. The van der Waals surface area contributed by atoms with Crippen molar-refractivity contribution < 1.29 is 4.79 Å². The van der Waals surface area contributed by atoms with Gasteiger partial charge in [-0.1, -0.05) is 44.2 Å². The largest absolute Gasteiger partial charge is 0.353 e. The molecule has 1 aromatic rings. The smallest absolute Gasteiger partial charge is 0.225 e. The van der Waals surface area contributed by atoms with Gasteiger partial charge in [0, 0.05) is 11.5 Å². The van der Waals surface area contributed by atoms with Crippen molar-refractivity contribution in [3.63, 3.8) is 0 Å². The van der Waals surface area contributed by atoms with Crippen LogP contribution in [-0.2, 0) is 11.2 Å². The second-order valence-electron chi connectivity index (χ2n) is 6.72. The molecule has 0 bridgehead atoms. The van der Waals surface area contributed by atoms with Crippen LogP contribution >= 0.6 is 0 Å². The fraction of sp³-hybridized carbons (Fsp3) is 0.611. The lowest BCUT2D eigenvalue weighted by atomic mass is 9.85. The Balaban J connectivity index is 1.75. The number of rotatable bonds is 6. The number of carbonyl (C=O) groups excluding carboxylic acids is 1. The minimum atomic E-state index is -0.278. The van der Waals surface area contributed by atoms with Crippen LogP contribution in [-0.4, -0.2) is 25.0 Å². The molecule has 3 heteroatoms. The number of nitrogens with one attached hydrogen (secondary N) is 2. The van der Waals surface area contributed by atoms with Gasteiger partial charge in [-0.15, -0.1) is 0 Å². The number of hydrogen-bond acceptors (Lipinski definition) is 2. The molecule has 1 aromatic carbocycles. The molecule has 0 atom stereocenters. The SMILES string of the molecule is CC(C)(CCCc1ccccc1)C(=O)NC1CCNCC1. The molecule has 0 spiro atoms. The Bertz CT molecular complexity index is 436. The van der Waals surface area contributed by atoms with Crippen LogP contribution < -0.4 is 10.6 Å². The highest BCUT2D eigenvalue weighted by atomic mass is 16.2. The number of piperidine rings is 1. The molecule has 116 valence electrons. The molecule has 1 saturated heterocycles. The zero-order chi connectivity index (χ0) is 15.1. The fourth-order valence-electron chi connectivity index (χ4n) is 2.84. The van der Waals surface area contributed by atoms with Crippen molar-refractivity contribution in [2.45, 2.75) is 52.0 Å². The van der Waals surface area contributed by atoms with Crippen LogP contribution in [0.4, 0.5) is 0 Å². The Morgan fingerprint density at radius 3 is 2.57 bits per heavy atom. The summed E-state index contributed by atoms with van der Waals surface area (Å²) in [6, 6.07) is 10.9. The minimum absolute atomic E-state index is 0.211. The monoisotopic (exact) mass is 288 g/mol. The second-order valence-corrected chi connectivity index (χ2v) is 6.72. The number of amides is 1. The summed E-state index contributed by atoms with van der Waals surface area (Å²) in [6.07, 6.45) is 5.12. The third kappa shape index (κ3) is 5.16. The highest BCUT2D eigenvalue weighted by molar-refractivity contribution is 5.82. The Hall–Kier alpha value is -1.35. The maximum absolute atomic E-state index is 12.4. The molecular formula is C18H28N2O. The van der Waals surface area contributed by atoms with E-state index in [0.29, 0.717) is 6.04 Å². The van der Waals surface area contributed by atoms with Crippen LogP contribution in [0.2, 0.25) is 0 Å². The van der Waals surface area contributed by atoms with Crippen LogP contribution in [0.5, 0.6) is 0 Å². The van der Waals surface area contributed by atoms with Gasteiger partial charge in [0.05, 0.1) is 0 Å². The average Bonchev–Trinajstić information content (AvgIpc) is 2.49. The standard InChI is InChI=1S/C18H28N2O/c1-18(2,12-6-9-15-7-4-3-5-8-15)17(21)20-16-10-13-19-14-11-16/h3-5,7-8,16,19H,6,9-14H2,1-2H3,(H,20,21). The third-order valence-corrected chi connectivity index (χ3v) is 4.40. The zero-order valence-electron chi connectivity index (χ0n) is 13.3. The van der Waals surface area contributed by atoms with Crippen molar-refractivity contribution in [2.75, 3.05) is 13.1 Å². The molecule has 21 heavy (non-hydrogen) atoms. The topological polar surface area (TPSA) is 41.1 Å². The van der Waals surface area contributed by atoms with E-state index >= 15 is 0 Å². The van der Waals surface area contributed by atoms with Crippen molar-refractivity contribution >= 4 is 5.91 Å². The van der Waals surface area contributed by atoms with Gasteiger partial charge in [0.15, 0.2) is 0 Å². The molecule has 1 heterocycles. The van der Waals surface area contributed by atoms with Gasteiger partial charge in [0.1, 0.15) is 0 Å². The van der Waals surface area contributed by atoms with Gasteiger partial charge >= 0.3 is 0 Å². The molecule has 3 nitrogen and oxygen atoms in total. The summed E-state index contributed by atoms with van der Waals surface area (Å²) in [5.74, 6) is 0.211. The molecule has 2 N–H and O–H groups in total. The maximum atomic E-state index is 12.4. The summed E-state index contributed by atoms with van der Waals surface area (Å²) in [5, 5.41) is 6.56. The summed E-state index contributed by atoms with van der Waals surface area (Å²) < 4.78 is 0. The van der Waals surface area contributed by atoms with Crippen molar-refractivity contribution in [2.24, 2.45) is 5.41 Å². The Labute approximate surface area is 128 Å². The molecule has 1 amide bonds. The number of benzene rings is 1. The second kappa shape index (κ2) is 7.60. The lowest BCUT2D eigenvalue weighted by molar-refractivity contribution is -0.130. The molecule has 0 radical (unpaired) electrons. The van der Waals surface area contributed by atoms with E-state index in [4.69, 9.17) is 0 Å². The first-order valence-corrected chi connectivity index (χ1v) is 8.13. The van der Waals surface area contributed by atoms with Crippen molar-refractivity contribution in [1.82, 2.24) is 10.6 Å². The Morgan fingerprint density at radius 1 is 1.24 bits per heavy atom. The van der Waals surface area contributed by atoms with E-state index in [9.17, 15) is 4.79 Å². The maximum Gasteiger partial charge on any atom is 0.225 e. The lowest BCUT2D eigenvalue weighted by Gasteiger charge is -2.29. The Morgan fingerprint density at radius 2 is 1.90 bits per heavy atom. The summed E-state index contributed by atoms with van der Waals surface area (Å²) >= 11 is 0. The third-order valence-electron chi connectivity index (χ3n) is 4.40. The first kappa shape index (κ1) is 16.0. The predicted molar refractivity (Wildman–Crippen MR) is 87.2 cm³/mol. The summed E-state index contributed by atoms with van der Waals surface area (Å²) in [4.78, 5) is 12.4. The summed E-state index contributed by atoms with van der Waals surface area (Å²) in [5.41, 5.74) is 1.08. The van der Waals surface area contributed by atoms with Crippen molar-refractivity contribution in [3.8, 4) is 0 Å². The van der Waals surface area contributed by atoms with E-state index < -0.39 is 0 Å². The molecule has 0 unspecified atom stereocenters. The number of carbonyl (C=O) groups is 1. The van der Waals surface area contributed by atoms with E-state index in [0.717, 1.165) is 45.2 Å². The molecule has 1 aliphatic heterocycles. The lowest BCUT2D eigenvalue weighted by Crippen LogP contribution is -2.47. The van der Waals surface area contributed by atoms with E-state index in [2.05, 4.69) is 48.7 Å². The quantitative estimate of drug-likeness (QED) is 0.845. The molecule has 0 aliphatic carbocycles. The first-order chi connectivity index (χ1) is 10.1. The molecule has 1 fully saturated rings. The van der Waals surface area contributed by atoms with Crippen molar-refractivity contribution in [3.05, 3.63) is 35.9 Å². The number of hydrogen-bond donors (Lipinski definition) is 2. The van der Waals surface area contributed by atoms with E-state index in [-0.39, 0.29) is 11.3 Å². The summed E-state index contributed by atoms with van der Waals surface area (Å²) in [7, 11) is 0. The van der Waals surface area contributed by atoms with Crippen LogP contribution in [0, 0.1) is 5.41 Å². The highest BCUT2D eigenvalue weighted by Gasteiger charge is 2.29. The molecule has 0 saturated carbocycles. The predicted octanol–water partition coefficient (Wildman–Crippen LogP) is 2.90. The highest BCUT2D eigenvalue weighted by Crippen LogP contribution is 2.24. The minimum Gasteiger partial charge on any atom is -0.353 e. The van der Waals surface area contributed by atoms with E-state index in [1.165, 1.54) is 5.56 Å². The fourth-order valence-corrected chi connectivity index (χ4v) is 2.84. The van der Waals surface area contributed by atoms with Gasteiger partial charge in [0.2, 0.25) is 5.91 Å². The van der Waals surface area contributed by atoms with Gasteiger partial charge in [-0.25, -0.2) is 0 Å². The average molecular weight is 288 g/mol.